The number of pyridine rings is 1. The van der Waals surface area contributed by atoms with E-state index in [1.165, 1.54) is 0 Å². The Balaban J connectivity index is 1.56. The van der Waals surface area contributed by atoms with Crippen LogP contribution in [0.5, 0.6) is 0 Å². The molecule has 1 aromatic heterocycles. The summed E-state index contributed by atoms with van der Waals surface area (Å²) in [6, 6.07) is 20.5. The molecule has 1 amide bonds. The molecule has 2 aromatic carbocycles. The molecule has 1 aliphatic heterocycles. The summed E-state index contributed by atoms with van der Waals surface area (Å²) in [5.74, 6) is 0.218. The van der Waals surface area contributed by atoms with Gasteiger partial charge in [0, 0.05) is 24.2 Å². The zero-order valence-corrected chi connectivity index (χ0v) is 15.8. The van der Waals surface area contributed by atoms with E-state index in [2.05, 4.69) is 21.3 Å². The van der Waals surface area contributed by atoms with Crippen LogP contribution >= 0.6 is 0 Å². The molecule has 1 aliphatic rings. The van der Waals surface area contributed by atoms with Crippen molar-refractivity contribution in [2.75, 3.05) is 36.5 Å². The molecule has 1 fully saturated rings. The molecule has 4 rings (SSSR count). The quantitative estimate of drug-likeness (QED) is 0.742. The first-order valence-corrected chi connectivity index (χ1v) is 9.45. The van der Waals surface area contributed by atoms with Crippen LogP contribution in [0.3, 0.4) is 0 Å². The smallest absolute Gasteiger partial charge is 0.257 e. The van der Waals surface area contributed by atoms with Gasteiger partial charge in [0.2, 0.25) is 0 Å². The van der Waals surface area contributed by atoms with Crippen LogP contribution in [0.2, 0.25) is 0 Å². The van der Waals surface area contributed by atoms with Crippen molar-refractivity contribution >= 4 is 17.4 Å². The molecule has 0 aliphatic carbocycles. The van der Waals surface area contributed by atoms with Crippen LogP contribution < -0.4 is 10.2 Å². The van der Waals surface area contributed by atoms with Gasteiger partial charge >= 0.3 is 0 Å². The number of rotatable bonds is 4. The number of anilines is 2. The van der Waals surface area contributed by atoms with Crippen molar-refractivity contribution in [1.82, 2.24) is 4.98 Å². The molecular weight excluding hydrogens is 364 g/mol. The molecule has 1 saturated heterocycles. The first kappa shape index (κ1) is 18.7. The van der Waals surface area contributed by atoms with Crippen LogP contribution in [0.15, 0.2) is 66.9 Å². The Morgan fingerprint density at radius 3 is 2.45 bits per heavy atom. The fourth-order valence-electron chi connectivity index (χ4n) is 3.38. The average molecular weight is 384 g/mol. The van der Waals surface area contributed by atoms with E-state index in [0.29, 0.717) is 35.7 Å². The van der Waals surface area contributed by atoms with E-state index in [1.54, 1.807) is 24.4 Å². The number of aromatic nitrogens is 1. The topological polar surface area (TPSA) is 78.2 Å². The Labute approximate surface area is 169 Å². The largest absolute Gasteiger partial charge is 0.378 e. The number of nitrogens with one attached hydrogen (secondary N) is 1. The molecule has 6 nitrogen and oxygen atoms in total. The lowest BCUT2D eigenvalue weighted by molar-refractivity contribution is 0.102. The summed E-state index contributed by atoms with van der Waals surface area (Å²) < 4.78 is 5.37. The third-order valence-corrected chi connectivity index (χ3v) is 4.88. The summed E-state index contributed by atoms with van der Waals surface area (Å²) >= 11 is 0. The van der Waals surface area contributed by atoms with Crippen molar-refractivity contribution in [2.45, 2.75) is 0 Å². The first-order chi connectivity index (χ1) is 14.3. The second-order valence-electron chi connectivity index (χ2n) is 6.66. The van der Waals surface area contributed by atoms with Crippen molar-refractivity contribution in [3.8, 4) is 17.2 Å². The summed E-state index contributed by atoms with van der Waals surface area (Å²) in [5, 5.41) is 12.3. The molecule has 0 radical (unpaired) electrons. The van der Waals surface area contributed by atoms with E-state index in [9.17, 15) is 10.1 Å². The maximum Gasteiger partial charge on any atom is 0.257 e. The first-order valence-electron chi connectivity index (χ1n) is 9.45. The lowest BCUT2D eigenvalue weighted by Gasteiger charge is -2.28. The monoisotopic (exact) mass is 384 g/mol. The number of hydrogen-bond acceptors (Lipinski definition) is 5. The predicted molar refractivity (Wildman–Crippen MR) is 112 cm³/mol. The van der Waals surface area contributed by atoms with Crippen LogP contribution in [0.25, 0.3) is 11.1 Å². The lowest BCUT2D eigenvalue weighted by atomic mass is 9.95. The molecule has 2 heterocycles. The van der Waals surface area contributed by atoms with E-state index in [0.717, 1.165) is 24.3 Å². The molecule has 0 bridgehead atoms. The second kappa shape index (κ2) is 8.55. The van der Waals surface area contributed by atoms with Gasteiger partial charge in [0.1, 0.15) is 5.82 Å². The third kappa shape index (κ3) is 4.10. The van der Waals surface area contributed by atoms with Crippen molar-refractivity contribution in [3.63, 3.8) is 0 Å². The van der Waals surface area contributed by atoms with Crippen molar-refractivity contribution in [3.05, 3.63) is 78.0 Å². The highest BCUT2D eigenvalue weighted by atomic mass is 16.5. The molecule has 3 aromatic rings. The van der Waals surface area contributed by atoms with E-state index in [4.69, 9.17) is 4.74 Å². The molecule has 0 saturated carbocycles. The summed E-state index contributed by atoms with van der Waals surface area (Å²) in [5.41, 5.74) is 3.48. The standard InChI is InChI=1S/C23H20N4O2/c24-15-17-5-1-2-6-19(17)20-7-3-4-8-21(20)23(28)26-22-10-9-18(16-25-22)27-11-13-29-14-12-27/h1-10,16H,11-14H2,(H,25,26,28). The maximum absolute atomic E-state index is 12.9. The van der Waals surface area contributed by atoms with Gasteiger partial charge in [-0.2, -0.15) is 5.26 Å². The number of carbonyl (C=O) groups excluding carboxylic acids is 1. The van der Waals surface area contributed by atoms with Gasteiger partial charge in [0.05, 0.1) is 36.7 Å². The number of benzene rings is 2. The number of nitriles is 1. The lowest BCUT2D eigenvalue weighted by Crippen LogP contribution is -2.36. The number of amides is 1. The third-order valence-electron chi connectivity index (χ3n) is 4.88. The normalized spacial score (nSPS) is 13.6. The number of hydrogen-bond donors (Lipinski definition) is 1. The van der Waals surface area contributed by atoms with Crippen LogP contribution in [0.4, 0.5) is 11.5 Å². The van der Waals surface area contributed by atoms with Crippen LogP contribution in [-0.4, -0.2) is 37.2 Å². The molecule has 144 valence electrons. The Morgan fingerprint density at radius 1 is 1.00 bits per heavy atom. The van der Waals surface area contributed by atoms with E-state index < -0.39 is 0 Å². The van der Waals surface area contributed by atoms with Crippen LogP contribution in [-0.2, 0) is 4.74 Å². The highest BCUT2D eigenvalue weighted by Crippen LogP contribution is 2.27. The molecule has 0 unspecified atom stereocenters. The van der Waals surface area contributed by atoms with Gasteiger partial charge in [-0.1, -0.05) is 36.4 Å². The van der Waals surface area contributed by atoms with Gasteiger partial charge in [-0.3, -0.25) is 4.79 Å². The minimum Gasteiger partial charge on any atom is -0.378 e. The van der Waals surface area contributed by atoms with E-state index in [1.807, 2.05) is 42.5 Å². The minimum absolute atomic E-state index is 0.264. The predicted octanol–water partition coefficient (Wildman–Crippen LogP) is 3.71. The van der Waals surface area contributed by atoms with Gasteiger partial charge in [-0.25, -0.2) is 4.98 Å². The highest BCUT2D eigenvalue weighted by Gasteiger charge is 2.16. The zero-order chi connectivity index (χ0) is 20.1. The van der Waals surface area contributed by atoms with E-state index in [-0.39, 0.29) is 5.91 Å². The Morgan fingerprint density at radius 2 is 1.72 bits per heavy atom. The molecule has 1 N–H and O–H groups in total. The number of morpholine rings is 1. The van der Waals surface area contributed by atoms with Crippen molar-refractivity contribution in [2.24, 2.45) is 0 Å². The zero-order valence-electron chi connectivity index (χ0n) is 15.8. The van der Waals surface area contributed by atoms with Gasteiger partial charge in [-0.15, -0.1) is 0 Å². The fraction of sp³-hybridized carbons (Fsp3) is 0.174. The summed E-state index contributed by atoms with van der Waals surface area (Å²) in [6.07, 6.45) is 1.76. The number of carbonyl (C=O) groups is 1. The van der Waals surface area contributed by atoms with Gasteiger partial charge in [-0.05, 0) is 29.8 Å². The second-order valence-corrected chi connectivity index (χ2v) is 6.66. The number of ether oxygens (including phenoxy) is 1. The van der Waals surface area contributed by atoms with Crippen LogP contribution in [0.1, 0.15) is 15.9 Å². The van der Waals surface area contributed by atoms with Gasteiger partial charge in [0.15, 0.2) is 0 Å². The van der Waals surface area contributed by atoms with Crippen molar-refractivity contribution < 1.29 is 9.53 Å². The Bertz CT molecular complexity index is 1050. The molecule has 6 heteroatoms. The molecule has 0 atom stereocenters. The van der Waals surface area contributed by atoms with E-state index >= 15 is 0 Å². The SMILES string of the molecule is N#Cc1ccccc1-c1ccccc1C(=O)Nc1ccc(N2CCOCC2)cn1. The molecule has 0 spiro atoms. The Hall–Kier alpha value is -3.69. The average Bonchev–Trinajstić information content (AvgIpc) is 2.80. The Kier molecular flexibility index (Phi) is 5.50. The van der Waals surface area contributed by atoms with Crippen LogP contribution in [0, 0.1) is 11.3 Å². The molecule has 29 heavy (non-hydrogen) atoms. The summed E-state index contributed by atoms with van der Waals surface area (Å²) in [6.45, 7) is 3.08. The maximum atomic E-state index is 12.9. The number of nitrogens with zero attached hydrogens (tertiary/aromatic N) is 3. The summed E-state index contributed by atoms with van der Waals surface area (Å²) in [7, 11) is 0. The van der Waals surface area contributed by atoms with Gasteiger partial charge < -0.3 is 15.0 Å². The summed E-state index contributed by atoms with van der Waals surface area (Å²) in [4.78, 5) is 19.5. The minimum atomic E-state index is -0.264. The van der Waals surface area contributed by atoms with Gasteiger partial charge in [0.25, 0.3) is 5.91 Å². The fourth-order valence-corrected chi connectivity index (χ4v) is 3.38. The highest BCUT2D eigenvalue weighted by molar-refractivity contribution is 6.08. The van der Waals surface area contributed by atoms with Crippen molar-refractivity contribution in [1.29, 1.82) is 5.26 Å². The molecular formula is C23H20N4O2.